The molecule has 22 heavy (non-hydrogen) atoms. The Labute approximate surface area is 140 Å². The molecule has 122 valence electrons. The average Bonchev–Trinajstić information content (AvgIpc) is 2.76. The van der Waals surface area contributed by atoms with Gasteiger partial charge in [0.2, 0.25) is 0 Å². The highest BCUT2D eigenvalue weighted by Crippen LogP contribution is 2.44. The molecule has 1 unspecified atom stereocenters. The van der Waals surface area contributed by atoms with Crippen LogP contribution in [-0.2, 0) is 6.54 Å². The number of nitrogens with zero attached hydrogens (tertiary/aromatic N) is 2. The summed E-state index contributed by atoms with van der Waals surface area (Å²) in [4.78, 5) is 4.75. The van der Waals surface area contributed by atoms with Crippen molar-refractivity contribution in [1.82, 2.24) is 9.80 Å². The van der Waals surface area contributed by atoms with Crippen LogP contribution in [0.15, 0.2) is 22.7 Å². The van der Waals surface area contributed by atoms with Gasteiger partial charge in [-0.25, -0.2) is 4.39 Å². The number of likely N-dealkylation sites (tertiary alicyclic amines) is 2. The molecule has 1 aromatic rings. The summed E-state index contributed by atoms with van der Waals surface area (Å²) in [6.45, 7) is 5.25. The average molecular weight is 371 g/mol. The van der Waals surface area contributed by atoms with Crippen LogP contribution in [0, 0.1) is 17.2 Å². The Kier molecular flexibility index (Phi) is 4.88. The number of halogens is 2. The normalized spacial score (nSPS) is 25.9. The van der Waals surface area contributed by atoms with Crippen molar-refractivity contribution in [2.45, 2.75) is 19.4 Å². The first kappa shape index (κ1) is 16.4. The summed E-state index contributed by atoms with van der Waals surface area (Å²) in [5.74, 6) is 0.221. The van der Waals surface area contributed by atoms with Gasteiger partial charge in [-0.3, -0.25) is 4.90 Å². The van der Waals surface area contributed by atoms with Crippen molar-refractivity contribution in [3.63, 3.8) is 0 Å². The number of hydrogen-bond donors (Lipinski definition) is 1. The largest absolute Gasteiger partial charge is 0.396 e. The zero-order valence-corrected chi connectivity index (χ0v) is 14.6. The quantitative estimate of drug-likeness (QED) is 0.885. The third kappa shape index (κ3) is 3.37. The molecule has 3 nitrogen and oxygen atoms in total. The minimum absolute atomic E-state index is 0.185. The maximum atomic E-state index is 13.5. The Morgan fingerprint density at radius 2 is 2.05 bits per heavy atom. The summed E-state index contributed by atoms with van der Waals surface area (Å²) in [5.41, 5.74) is 1.30. The fraction of sp³-hybridized carbons (Fsp3) is 0.647. The first-order valence-electron chi connectivity index (χ1n) is 7.97. The second kappa shape index (κ2) is 6.56. The van der Waals surface area contributed by atoms with E-state index in [-0.39, 0.29) is 11.2 Å². The first-order valence-corrected chi connectivity index (χ1v) is 8.77. The van der Waals surface area contributed by atoms with Gasteiger partial charge in [0.25, 0.3) is 0 Å². The van der Waals surface area contributed by atoms with E-state index in [0.29, 0.717) is 12.5 Å². The summed E-state index contributed by atoms with van der Waals surface area (Å²) in [6.07, 6.45) is 2.25. The van der Waals surface area contributed by atoms with E-state index in [9.17, 15) is 9.50 Å². The van der Waals surface area contributed by atoms with E-state index in [1.807, 2.05) is 6.07 Å². The molecule has 2 heterocycles. The fourth-order valence-corrected chi connectivity index (χ4v) is 4.75. The first-order chi connectivity index (χ1) is 10.5. The minimum Gasteiger partial charge on any atom is -0.396 e. The van der Waals surface area contributed by atoms with Crippen LogP contribution in [0.2, 0.25) is 0 Å². The zero-order valence-electron chi connectivity index (χ0n) is 13.1. The zero-order chi connectivity index (χ0) is 15.7. The second-order valence-electron chi connectivity index (χ2n) is 6.99. The smallest absolute Gasteiger partial charge is 0.124 e. The van der Waals surface area contributed by atoms with Crippen molar-refractivity contribution in [3.8, 4) is 0 Å². The SMILES string of the molecule is CN1CC(CO)C2(CCN(Cc3cc(F)cc(Br)c3)CC2)C1. The van der Waals surface area contributed by atoms with Crippen molar-refractivity contribution in [3.05, 3.63) is 34.1 Å². The molecular weight excluding hydrogens is 347 g/mol. The van der Waals surface area contributed by atoms with Gasteiger partial charge in [0.15, 0.2) is 0 Å². The maximum absolute atomic E-state index is 13.5. The second-order valence-corrected chi connectivity index (χ2v) is 7.91. The number of rotatable bonds is 3. The highest BCUT2D eigenvalue weighted by atomic mass is 79.9. The van der Waals surface area contributed by atoms with E-state index in [0.717, 1.165) is 55.6 Å². The maximum Gasteiger partial charge on any atom is 0.124 e. The Morgan fingerprint density at radius 1 is 1.32 bits per heavy atom. The van der Waals surface area contributed by atoms with Crippen LogP contribution >= 0.6 is 15.9 Å². The molecule has 0 aromatic heterocycles. The summed E-state index contributed by atoms with van der Waals surface area (Å²) in [5, 5.41) is 9.68. The molecule has 1 aromatic carbocycles. The third-order valence-corrected chi connectivity index (χ3v) is 5.84. The van der Waals surface area contributed by atoms with Crippen molar-refractivity contribution in [2.24, 2.45) is 11.3 Å². The lowest BCUT2D eigenvalue weighted by Gasteiger charge is -2.42. The highest BCUT2D eigenvalue weighted by Gasteiger charge is 2.46. The third-order valence-electron chi connectivity index (χ3n) is 5.38. The predicted octanol–water partition coefficient (Wildman–Crippen LogP) is 2.72. The number of aliphatic hydroxyl groups is 1. The van der Waals surface area contributed by atoms with Gasteiger partial charge in [-0.15, -0.1) is 0 Å². The summed E-state index contributed by atoms with van der Waals surface area (Å²) in [6, 6.07) is 5.11. The molecule has 1 N–H and O–H groups in total. The van der Waals surface area contributed by atoms with Gasteiger partial charge in [0.05, 0.1) is 0 Å². The van der Waals surface area contributed by atoms with Crippen LogP contribution in [0.1, 0.15) is 18.4 Å². The fourth-order valence-electron chi connectivity index (χ4n) is 4.24. The molecule has 0 aliphatic carbocycles. The van der Waals surface area contributed by atoms with E-state index in [1.165, 1.54) is 6.07 Å². The van der Waals surface area contributed by atoms with Gasteiger partial charge in [-0.05, 0) is 62.2 Å². The van der Waals surface area contributed by atoms with E-state index in [2.05, 4.69) is 32.8 Å². The van der Waals surface area contributed by atoms with Crippen LogP contribution in [0.5, 0.6) is 0 Å². The highest BCUT2D eigenvalue weighted by molar-refractivity contribution is 9.10. The summed E-state index contributed by atoms with van der Waals surface area (Å²) in [7, 11) is 2.15. The van der Waals surface area contributed by atoms with E-state index in [4.69, 9.17) is 0 Å². The molecule has 1 atom stereocenters. The van der Waals surface area contributed by atoms with Gasteiger partial charge in [0.1, 0.15) is 5.82 Å². The lowest BCUT2D eigenvalue weighted by atomic mass is 9.71. The van der Waals surface area contributed by atoms with Crippen LogP contribution in [0.3, 0.4) is 0 Å². The number of benzene rings is 1. The Hall–Kier alpha value is -0.490. The van der Waals surface area contributed by atoms with Crippen LogP contribution in [-0.4, -0.2) is 54.7 Å². The molecule has 3 rings (SSSR count). The van der Waals surface area contributed by atoms with Crippen molar-refractivity contribution >= 4 is 15.9 Å². The van der Waals surface area contributed by atoms with E-state index in [1.54, 1.807) is 6.07 Å². The number of hydrogen-bond acceptors (Lipinski definition) is 3. The lowest BCUT2D eigenvalue weighted by molar-refractivity contribution is 0.0488. The molecule has 0 radical (unpaired) electrons. The van der Waals surface area contributed by atoms with Gasteiger partial charge in [-0.2, -0.15) is 0 Å². The standard InChI is InChI=1S/C17H24BrFN2O/c1-20-10-14(11-22)17(12-20)2-4-21(5-3-17)9-13-6-15(18)8-16(19)7-13/h6-8,14,22H,2-5,9-12H2,1H3. The van der Waals surface area contributed by atoms with Crippen molar-refractivity contribution in [1.29, 1.82) is 0 Å². The van der Waals surface area contributed by atoms with Crippen LogP contribution in [0.25, 0.3) is 0 Å². The monoisotopic (exact) mass is 370 g/mol. The lowest BCUT2D eigenvalue weighted by Crippen LogP contribution is -2.44. The minimum atomic E-state index is -0.185. The molecule has 2 fully saturated rings. The summed E-state index contributed by atoms with van der Waals surface area (Å²) < 4.78 is 14.3. The van der Waals surface area contributed by atoms with Gasteiger partial charge >= 0.3 is 0 Å². The Bertz CT molecular complexity index is 511. The van der Waals surface area contributed by atoms with Gasteiger partial charge < -0.3 is 10.0 Å². The Morgan fingerprint density at radius 3 is 2.68 bits per heavy atom. The molecule has 2 aliphatic heterocycles. The molecule has 2 aliphatic rings. The molecule has 0 bridgehead atoms. The van der Waals surface area contributed by atoms with Crippen LogP contribution < -0.4 is 0 Å². The van der Waals surface area contributed by atoms with Crippen molar-refractivity contribution < 1.29 is 9.50 Å². The number of aliphatic hydroxyl groups excluding tert-OH is 1. The predicted molar refractivity (Wildman–Crippen MR) is 89.1 cm³/mol. The molecule has 5 heteroatoms. The van der Waals surface area contributed by atoms with E-state index >= 15 is 0 Å². The van der Waals surface area contributed by atoms with Gasteiger partial charge in [0, 0.05) is 36.6 Å². The van der Waals surface area contributed by atoms with E-state index < -0.39 is 0 Å². The van der Waals surface area contributed by atoms with Crippen LogP contribution in [0.4, 0.5) is 4.39 Å². The molecule has 1 spiro atoms. The molecule has 2 saturated heterocycles. The topological polar surface area (TPSA) is 26.7 Å². The number of piperidine rings is 1. The Balaban J connectivity index is 1.62. The van der Waals surface area contributed by atoms with Crippen molar-refractivity contribution in [2.75, 3.05) is 39.8 Å². The molecule has 0 saturated carbocycles. The molecule has 0 amide bonds. The van der Waals surface area contributed by atoms with Gasteiger partial charge in [-0.1, -0.05) is 15.9 Å². The molecular formula is C17H24BrFN2O. The summed E-state index contributed by atoms with van der Waals surface area (Å²) >= 11 is 3.36.